The lowest BCUT2D eigenvalue weighted by molar-refractivity contribution is 0.216. The fourth-order valence-electron chi connectivity index (χ4n) is 2.81. The molecule has 1 saturated heterocycles. The molecule has 1 fully saturated rings. The second-order valence-electron chi connectivity index (χ2n) is 6.38. The Morgan fingerprint density at radius 1 is 1.40 bits per heavy atom. The van der Waals surface area contributed by atoms with Crippen LogP contribution in [0.15, 0.2) is 12.1 Å². The molecule has 4 heteroatoms. The molecule has 0 spiro atoms. The van der Waals surface area contributed by atoms with E-state index in [9.17, 15) is 0 Å². The average molecular weight is 295 g/mol. The molecule has 0 amide bonds. The molecule has 1 aliphatic heterocycles. The number of hydrogen-bond donors (Lipinski definition) is 1. The van der Waals surface area contributed by atoms with Gasteiger partial charge in [0.05, 0.1) is 0 Å². The Kier molecular flexibility index (Phi) is 6.02. The minimum atomic E-state index is 0.557. The maximum atomic E-state index is 3.48. The highest BCUT2D eigenvalue weighted by molar-refractivity contribution is 7.11. The highest BCUT2D eigenvalue weighted by Crippen LogP contribution is 2.20. The van der Waals surface area contributed by atoms with Crippen LogP contribution >= 0.6 is 11.3 Å². The van der Waals surface area contributed by atoms with Gasteiger partial charge in [0.25, 0.3) is 0 Å². The number of thiophene rings is 1. The molecular weight excluding hydrogens is 266 g/mol. The van der Waals surface area contributed by atoms with Crippen LogP contribution in [0.4, 0.5) is 0 Å². The number of likely N-dealkylation sites (tertiary alicyclic amines) is 1. The molecule has 2 rings (SSSR count). The van der Waals surface area contributed by atoms with Gasteiger partial charge < -0.3 is 10.2 Å². The molecule has 0 aliphatic carbocycles. The van der Waals surface area contributed by atoms with E-state index >= 15 is 0 Å². The average Bonchev–Trinajstić information content (AvgIpc) is 2.97. The zero-order valence-electron chi connectivity index (χ0n) is 13.4. The van der Waals surface area contributed by atoms with Crippen LogP contribution in [-0.2, 0) is 13.1 Å². The summed E-state index contributed by atoms with van der Waals surface area (Å²) in [6.45, 7) is 8.92. The molecular formula is C16H29N3S. The molecule has 1 atom stereocenters. The third-order valence-electron chi connectivity index (χ3n) is 4.02. The van der Waals surface area contributed by atoms with Crippen molar-refractivity contribution < 1.29 is 0 Å². The van der Waals surface area contributed by atoms with Gasteiger partial charge in [-0.3, -0.25) is 4.90 Å². The molecule has 1 N–H and O–H groups in total. The summed E-state index contributed by atoms with van der Waals surface area (Å²) in [6, 6.07) is 5.87. The maximum Gasteiger partial charge on any atom is 0.0325 e. The van der Waals surface area contributed by atoms with Crippen molar-refractivity contribution in [1.29, 1.82) is 0 Å². The van der Waals surface area contributed by atoms with Gasteiger partial charge in [-0.25, -0.2) is 0 Å². The largest absolute Gasteiger partial charge is 0.310 e. The Morgan fingerprint density at radius 3 is 2.80 bits per heavy atom. The fourth-order valence-corrected chi connectivity index (χ4v) is 3.86. The third kappa shape index (κ3) is 4.85. The van der Waals surface area contributed by atoms with E-state index in [-0.39, 0.29) is 0 Å². The van der Waals surface area contributed by atoms with E-state index < -0.39 is 0 Å². The molecule has 114 valence electrons. The minimum absolute atomic E-state index is 0.557. The van der Waals surface area contributed by atoms with Crippen LogP contribution in [0.1, 0.15) is 36.4 Å². The molecule has 0 saturated carbocycles. The first-order chi connectivity index (χ1) is 9.54. The standard InChI is InChI=1S/C16H29N3S/c1-13(2)17-10-15-7-8-16(20-15)12-18(3)11-14-6-5-9-19(14)4/h7-8,13-14,17H,5-6,9-12H2,1-4H3. The molecule has 1 unspecified atom stereocenters. The lowest BCUT2D eigenvalue weighted by Gasteiger charge is -2.25. The molecule has 2 heterocycles. The molecule has 20 heavy (non-hydrogen) atoms. The van der Waals surface area contributed by atoms with E-state index in [0.717, 1.165) is 19.1 Å². The van der Waals surface area contributed by atoms with Crippen molar-refractivity contribution in [3.63, 3.8) is 0 Å². The number of nitrogens with one attached hydrogen (secondary N) is 1. The lowest BCUT2D eigenvalue weighted by Crippen LogP contribution is -2.36. The first-order valence-electron chi connectivity index (χ1n) is 7.74. The first-order valence-corrected chi connectivity index (χ1v) is 8.56. The van der Waals surface area contributed by atoms with Crippen molar-refractivity contribution in [2.45, 2.75) is 51.9 Å². The normalized spacial score (nSPS) is 20.4. The quantitative estimate of drug-likeness (QED) is 0.834. The second-order valence-corrected chi connectivity index (χ2v) is 7.63. The Hall–Kier alpha value is -0.420. The molecule has 3 nitrogen and oxygen atoms in total. The van der Waals surface area contributed by atoms with Crippen LogP contribution in [0.25, 0.3) is 0 Å². The van der Waals surface area contributed by atoms with Gasteiger partial charge in [-0.2, -0.15) is 0 Å². The van der Waals surface area contributed by atoms with Gasteiger partial charge in [-0.05, 0) is 45.6 Å². The van der Waals surface area contributed by atoms with Crippen LogP contribution in [0.3, 0.4) is 0 Å². The smallest absolute Gasteiger partial charge is 0.0325 e. The maximum absolute atomic E-state index is 3.48. The monoisotopic (exact) mass is 295 g/mol. The van der Waals surface area contributed by atoms with Crippen molar-refractivity contribution in [3.8, 4) is 0 Å². The summed E-state index contributed by atoms with van der Waals surface area (Å²) in [7, 11) is 4.50. The Bertz CT molecular complexity index is 402. The van der Waals surface area contributed by atoms with Crippen LogP contribution in [-0.4, -0.2) is 49.1 Å². The zero-order chi connectivity index (χ0) is 14.5. The van der Waals surface area contributed by atoms with Crippen LogP contribution < -0.4 is 5.32 Å². The molecule has 1 aromatic heterocycles. The summed E-state index contributed by atoms with van der Waals surface area (Å²) in [5, 5.41) is 3.48. The number of hydrogen-bond acceptors (Lipinski definition) is 4. The Balaban J connectivity index is 1.77. The van der Waals surface area contributed by atoms with Crippen LogP contribution in [0.5, 0.6) is 0 Å². The van der Waals surface area contributed by atoms with Crippen molar-refractivity contribution in [2.75, 3.05) is 27.2 Å². The zero-order valence-corrected chi connectivity index (χ0v) is 14.2. The van der Waals surface area contributed by atoms with E-state index in [1.807, 2.05) is 11.3 Å². The van der Waals surface area contributed by atoms with Crippen LogP contribution in [0, 0.1) is 0 Å². The molecule has 0 bridgehead atoms. The third-order valence-corrected chi connectivity index (χ3v) is 5.09. The molecule has 1 aromatic rings. The van der Waals surface area contributed by atoms with Crippen molar-refractivity contribution in [3.05, 3.63) is 21.9 Å². The van der Waals surface area contributed by atoms with Gasteiger partial charge in [0.1, 0.15) is 0 Å². The number of likely N-dealkylation sites (N-methyl/N-ethyl adjacent to an activating group) is 2. The van der Waals surface area contributed by atoms with Gasteiger partial charge in [0.2, 0.25) is 0 Å². The highest BCUT2D eigenvalue weighted by atomic mass is 32.1. The van der Waals surface area contributed by atoms with Gasteiger partial charge in [-0.1, -0.05) is 13.8 Å². The van der Waals surface area contributed by atoms with E-state index in [1.54, 1.807) is 0 Å². The summed E-state index contributed by atoms with van der Waals surface area (Å²) in [5.74, 6) is 0. The van der Waals surface area contributed by atoms with Crippen molar-refractivity contribution >= 4 is 11.3 Å². The topological polar surface area (TPSA) is 18.5 Å². The van der Waals surface area contributed by atoms with E-state index in [4.69, 9.17) is 0 Å². The second kappa shape index (κ2) is 7.55. The highest BCUT2D eigenvalue weighted by Gasteiger charge is 2.22. The number of nitrogens with zero attached hydrogens (tertiary/aromatic N) is 2. The van der Waals surface area contributed by atoms with Crippen molar-refractivity contribution in [1.82, 2.24) is 15.1 Å². The van der Waals surface area contributed by atoms with Crippen LogP contribution in [0.2, 0.25) is 0 Å². The van der Waals surface area contributed by atoms with E-state index in [2.05, 4.69) is 55.2 Å². The molecule has 0 radical (unpaired) electrons. The summed E-state index contributed by atoms with van der Waals surface area (Å²) in [4.78, 5) is 7.90. The van der Waals surface area contributed by atoms with E-state index in [1.165, 1.54) is 35.7 Å². The van der Waals surface area contributed by atoms with Crippen molar-refractivity contribution in [2.24, 2.45) is 0 Å². The predicted octanol–water partition coefficient (Wildman–Crippen LogP) is 2.77. The predicted molar refractivity (Wildman–Crippen MR) is 88.3 cm³/mol. The van der Waals surface area contributed by atoms with E-state index in [0.29, 0.717) is 6.04 Å². The Morgan fingerprint density at radius 2 is 2.15 bits per heavy atom. The SMILES string of the molecule is CC(C)NCc1ccc(CN(C)CC2CCCN2C)s1. The Labute approximate surface area is 128 Å². The lowest BCUT2D eigenvalue weighted by atomic mass is 10.2. The summed E-state index contributed by atoms with van der Waals surface area (Å²) < 4.78 is 0. The van der Waals surface area contributed by atoms with Gasteiger partial charge >= 0.3 is 0 Å². The summed E-state index contributed by atoms with van der Waals surface area (Å²) >= 11 is 1.94. The van der Waals surface area contributed by atoms with Gasteiger partial charge in [0, 0.05) is 41.5 Å². The van der Waals surface area contributed by atoms with Gasteiger partial charge in [0.15, 0.2) is 0 Å². The fraction of sp³-hybridized carbons (Fsp3) is 0.750. The minimum Gasteiger partial charge on any atom is -0.310 e. The summed E-state index contributed by atoms with van der Waals surface area (Å²) in [6.07, 6.45) is 2.72. The summed E-state index contributed by atoms with van der Waals surface area (Å²) in [5.41, 5.74) is 0. The number of rotatable bonds is 7. The molecule has 0 aromatic carbocycles. The molecule has 1 aliphatic rings. The van der Waals surface area contributed by atoms with Gasteiger partial charge in [-0.15, -0.1) is 11.3 Å². The first kappa shape index (κ1) is 16.0.